The van der Waals surface area contributed by atoms with Crippen molar-refractivity contribution < 1.29 is 13.2 Å². The van der Waals surface area contributed by atoms with E-state index in [-0.39, 0.29) is 10.8 Å². The fraction of sp³-hybridized carbons (Fsp3) is 0.400. The zero-order valence-corrected chi connectivity index (χ0v) is 19.8. The molecule has 0 unspecified atom stereocenters. The van der Waals surface area contributed by atoms with E-state index >= 15 is 0 Å². The van der Waals surface area contributed by atoms with Gasteiger partial charge in [-0.25, -0.2) is 12.7 Å². The minimum absolute atomic E-state index is 0.00104. The normalized spacial score (nSPS) is 15.9. The van der Waals surface area contributed by atoms with Crippen LogP contribution < -0.4 is 0 Å². The molecule has 0 N–H and O–H groups in total. The predicted molar refractivity (Wildman–Crippen MR) is 129 cm³/mol. The number of aryl methyl sites for hydroxylation is 1. The van der Waals surface area contributed by atoms with Crippen molar-refractivity contribution in [2.75, 3.05) is 46.8 Å². The largest absolute Gasteiger partial charge is 0.338 e. The first-order chi connectivity index (χ1) is 15.4. The second-order valence-electron chi connectivity index (χ2n) is 8.30. The van der Waals surface area contributed by atoms with Gasteiger partial charge in [0.1, 0.15) is 0 Å². The van der Waals surface area contributed by atoms with Crippen molar-refractivity contribution >= 4 is 22.0 Å². The molecule has 1 aliphatic rings. The van der Waals surface area contributed by atoms with Gasteiger partial charge in [0, 0.05) is 39.8 Å². The van der Waals surface area contributed by atoms with Gasteiger partial charge in [0.2, 0.25) is 15.9 Å². The molecular formula is C25H33N3O3S. The molecule has 0 spiro atoms. The molecule has 1 saturated heterocycles. The SMILES string of the molecule is CN(C)S(=O)(=O)c1ccc(C=CC(=O)N2CCCN(CCCc3ccccc3)CC2)cc1. The Morgan fingerprint density at radius 3 is 2.38 bits per heavy atom. The van der Waals surface area contributed by atoms with Gasteiger partial charge < -0.3 is 9.80 Å². The van der Waals surface area contributed by atoms with Gasteiger partial charge in [0.05, 0.1) is 4.90 Å². The van der Waals surface area contributed by atoms with E-state index in [9.17, 15) is 13.2 Å². The van der Waals surface area contributed by atoms with E-state index in [1.807, 2.05) is 11.0 Å². The lowest BCUT2D eigenvalue weighted by atomic mass is 10.1. The van der Waals surface area contributed by atoms with Gasteiger partial charge in [0.15, 0.2) is 0 Å². The summed E-state index contributed by atoms with van der Waals surface area (Å²) >= 11 is 0. The highest BCUT2D eigenvalue weighted by Crippen LogP contribution is 2.15. The number of hydrogen-bond acceptors (Lipinski definition) is 4. The molecule has 0 aliphatic carbocycles. The lowest BCUT2D eigenvalue weighted by Gasteiger charge is -2.21. The number of rotatable bonds is 8. The zero-order chi connectivity index (χ0) is 23.0. The Hall–Kier alpha value is -2.48. The highest BCUT2D eigenvalue weighted by atomic mass is 32.2. The van der Waals surface area contributed by atoms with Crippen LogP contribution in [0.15, 0.2) is 65.6 Å². The predicted octanol–water partition coefficient (Wildman–Crippen LogP) is 3.12. The van der Waals surface area contributed by atoms with Crippen molar-refractivity contribution in [3.8, 4) is 0 Å². The first-order valence-corrected chi connectivity index (χ1v) is 12.6. The second kappa shape index (κ2) is 11.4. The maximum atomic E-state index is 12.7. The summed E-state index contributed by atoms with van der Waals surface area (Å²) in [6.07, 6.45) is 6.51. The minimum atomic E-state index is -3.44. The summed E-state index contributed by atoms with van der Waals surface area (Å²) in [6.45, 7) is 4.46. The summed E-state index contributed by atoms with van der Waals surface area (Å²) in [5, 5.41) is 0. The molecular weight excluding hydrogens is 422 g/mol. The van der Waals surface area contributed by atoms with Gasteiger partial charge in [-0.2, -0.15) is 0 Å². The molecule has 1 aliphatic heterocycles. The Labute approximate surface area is 192 Å². The van der Waals surface area contributed by atoms with E-state index in [0.29, 0.717) is 0 Å². The molecule has 32 heavy (non-hydrogen) atoms. The highest BCUT2D eigenvalue weighted by molar-refractivity contribution is 7.89. The Bertz CT molecular complexity index is 1000. The fourth-order valence-corrected chi connectivity index (χ4v) is 4.70. The van der Waals surface area contributed by atoms with Crippen LogP contribution >= 0.6 is 0 Å². The van der Waals surface area contributed by atoms with Crippen LogP contribution in [0.5, 0.6) is 0 Å². The first-order valence-electron chi connectivity index (χ1n) is 11.1. The quantitative estimate of drug-likeness (QED) is 0.574. The summed E-state index contributed by atoms with van der Waals surface area (Å²) in [5.74, 6) is 0.00104. The summed E-state index contributed by atoms with van der Waals surface area (Å²) in [5.41, 5.74) is 2.17. The molecule has 7 heteroatoms. The average Bonchev–Trinajstić information content (AvgIpc) is 3.04. The summed E-state index contributed by atoms with van der Waals surface area (Å²) in [6, 6.07) is 17.1. The van der Waals surface area contributed by atoms with Crippen molar-refractivity contribution in [3.05, 3.63) is 71.8 Å². The Morgan fingerprint density at radius 2 is 1.69 bits per heavy atom. The van der Waals surface area contributed by atoms with E-state index < -0.39 is 10.0 Å². The molecule has 0 aromatic heterocycles. The molecule has 0 atom stereocenters. The molecule has 2 aromatic carbocycles. The van der Waals surface area contributed by atoms with E-state index in [4.69, 9.17) is 0 Å². The standard InChI is InChI=1S/C25H33N3O3S/c1-26(2)32(30,31)24-14-11-23(12-15-24)13-16-25(29)28-19-7-18-27(20-21-28)17-6-10-22-8-4-3-5-9-22/h3-5,8-9,11-16H,6-7,10,17-21H2,1-2H3. The van der Waals surface area contributed by atoms with Gasteiger partial charge in [-0.3, -0.25) is 4.79 Å². The van der Waals surface area contributed by atoms with E-state index in [1.54, 1.807) is 36.4 Å². The topological polar surface area (TPSA) is 60.9 Å². The molecule has 1 amide bonds. The second-order valence-corrected chi connectivity index (χ2v) is 10.5. The van der Waals surface area contributed by atoms with E-state index in [1.165, 1.54) is 24.0 Å². The highest BCUT2D eigenvalue weighted by Gasteiger charge is 2.18. The van der Waals surface area contributed by atoms with Crippen molar-refractivity contribution in [2.45, 2.75) is 24.2 Å². The molecule has 3 rings (SSSR count). The molecule has 172 valence electrons. The number of carbonyl (C=O) groups excluding carboxylic acids is 1. The van der Waals surface area contributed by atoms with Crippen LogP contribution in [0, 0.1) is 0 Å². The molecule has 1 heterocycles. The van der Waals surface area contributed by atoms with Crippen molar-refractivity contribution in [1.82, 2.24) is 14.1 Å². The van der Waals surface area contributed by atoms with Gasteiger partial charge in [-0.05, 0) is 61.7 Å². The summed E-state index contributed by atoms with van der Waals surface area (Å²) in [4.78, 5) is 17.3. The van der Waals surface area contributed by atoms with Gasteiger partial charge in [-0.1, -0.05) is 42.5 Å². The Morgan fingerprint density at radius 1 is 0.969 bits per heavy atom. The van der Waals surface area contributed by atoms with Crippen molar-refractivity contribution in [3.63, 3.8) is 0 Å². The van der Waals surface area contributed by atoms with Crippen molar-refractivity contribution in [1.29, 1.82) is 0 Å². The maximum Gasteiger partial charge on any atom is 0.246 e. The van der Waals surface area contributed by atoms with Crippen LogP contribution in [-0.4, -0.2) is 75.2 Å². The van der Waals surface area contributed by atoms with Gasteiger partial charge in [-0.15, -0.1) is 0 Å². The van der Waals surface area contributed by atoms with Crippen LogP contribution in [0.3, 0.4) is 0 Å². The molecule has 6 nitrogen and oxygen atoms in total. The number of nitrogens with zero attached hydrogens (tertiary/aromatic N) is 3. The number of amides is 1. The molecule has 0 bridgehead atoms. The van der Waals surface area contributed by atoms with Crippen LogP contribution in [0.25, 0.3) is 6.08 Å². The smallest absolute Gasteiger partial charge is 0.246 e. The third-order valence-electron chi connectivity index (χ3n) is 5.76. The third-order valence-corrected chi connectivity index (χ3v) is 7.59. The minimum Gasteiger partial charge on any atom is -0.338 e. The van der Waals surface area contributed by atoms with Crippen LogP contribution in [0.4, 0.5) is 0 Å². The van der Waals surface area contributed by atoms with E-state index in [2.05, 4.69) is 29.2 Å². The molecule has 2 aromatic rings. The van der Waals surface area contributed by atoms with Crippen LogP contribution in [0.2, 0.25) is 0 Å². The summed E-state index contributed by atoms with van der Waals surface area (Å²) in [7, 11) is -0.430. The number of hydrogen-bond donors (Lipinski definition) is 0. The third kappa shape index (κ3) is 6.76. The van der Waals surface area contributed by atoms with Gasteiger partial charge >= 0.3 is 0 Å². The number of carbonyl (C=O) groups is 1. The fourth-order valence-electron chi connectivity index (χ4n) is 3.80. The average molecular weight is 456 g/mol. The Kier molecular flexibility index (Phi) is 8.61. The zero-order valence-electron chi connectivity index (χ0n) is 19.0. The first kappa shape index (κ1) is 24.2. The number of sulfonamides is 1. The number of benzene rings is 2. The molecule has 0 radical (unpaired) electrons. The maximum absolute atomic E-state index is 12.7. The monoisotopic (exact) mass is 455 g/mol. The molecule has 1 fully saturated rings. The summed E-state index contributed by atoms with van der Waals surface area (Å²) < 4.78 is 25.5. The van der Waals surface area contributed by atoms with Gasteiger partial charge in [0.25, 0.3) is 0 Å². The van der Waals surface area contributed by atoms with Crippen LogP contribution in [-0.2, 0) is 21.2 Å². The van der Waals surface area contributed by atoms with Crippen LogP contribution in [0.1, 0.15) is 24.0 Å². The van der Waals surface area contributed by atoms with Crippen molar-refractivity contribution in [2.24, 2.45) is 0 Å². The molecule has 0 saturated carbocycles. The lowest BCUT2D eigenvalue weighted by molar-refractivity contribution is -0.125. The van der Waals surface area contributed by atoms with E-state index in [0.717, 1.165) is 57.5 Å². The Balaban J connectivity index is 1.47. The lowest BCUT2D eigenvalue weighted by Crippen LogP contribution is -2.34.